The first-order valence-corrected chi connectivity index (χ1v) is 12.8. The zero-order valence-electron chi connectivity index (χ0n) is 20.2. The number of aromatic nitrogens is 4. The number of hydrogen-bond acceptors (Lipinski definition) is 6. The van der Waals surface area contributed by atoms with Gasteiger partial charge in [0.2, 0.25) is 5.91 Å². The number of thiophene rings is 1. The first kappa shape index (κ1) is 24.4. The zero-order valence-corrected chi connectivity index (χ0v) is 21.0. The molecule has 0 fully saturated rings. The monoisotopic (exact) mass is 515 g/mol. The molecule has 10 heteroatoms. The van der Waals surface area contributed by atoms with Gasteiger partial charge in [-0.1, -0.05) is 35.9 Å². The van der Waals surface area contributed by atoms with E-state index >= 15 is 0 Å². The van der Waals surface area contributed by atoms with Crippen LogP contribution in [0, 0.1) is 6.92 Å². The van der Waals surface area contributed by atoms with Gasteiger partial charge in [0.15, 0.2) is 0 Å². The molecular weight excluding hydrogens is 490 g/mol. The average Bonchev–Trinajstić information content (AvgIpc) is 3.38. The Morgan fingerprint density at radius 3 is 2.65 bits per heavy atom. The molecule has 1 N–H and O–H groups in total. The molecule has 0 saturated heterocycles. The van der Waals surface area contributed by atoms with Gasteiger partial charge in [-0.2, -0.15) is 0 Å². The summed E-state index contributed by atoms with van der Waals surface area (Å²) in [4.78, 5) is 55.8. The Hall–Kier alpha value is -4.31. The zero-order chi connectivity index (χ0) is 25.9. The topological polar surface area (TPSA) is 107 Å². The van der Waals surface area contributed by atoms with E-state index < -0.39 is 5.69 Å². The highest BCUT2D eigenvalue weighted by Gasteiger charge is 2.16. The highest BCUT2D eigenvalue weighted by Crippen LogP contribution is 2.16. The van der Waals surface area contributed by atoms with Crippen LogP contribution in [0.1, 0.15) is 29.7 Å². The van der Waals surface area contributed by atoms with Crippen LogP contribution in [0.15, 0.2) is 80.6 Å². The third-order valence-electron chi connectivity index (χ3n) is 6.18. The van der Waals surface area contributed by atoms with Crippen molar-refractivity contribution in [3.8, 4) is 0 Å². The SMILES string of the molecule is Cc1ccc(CNC(=O)CCCn2c(=O)c3sccc3n(Cc3cc(=O)n4ccccc4n3)c2=O)cc1. The molecule has 0 bridgehead atoms. The van der Waals surface area contributed by atoms with Crippen molar-refractivity contribution in [3.63, 3.8) is 0 Å². The normalized spacial score (nSPS) is 11.3. The second-order valence-electron chi connectivity index (χ2n) is 8.84. The molecule has 0 aliphatic carbocycles. The molecular formula is C27H25N5O4S. The minimum absolute atomic E-state index is 0.0457. The van der Waals surface area contributed by atoms with Crippen LogP contribution in [0.4, 0.5) is 0 Å². The fraction of sp³-hybridized carbons (Fsp3) is 0.222. The summed E-state index contributed by atoms with van der Waals surface area (Å²) in [5, 5.41) is 4.63. The molecule has 0 saturated carbocycles. The van der Waals surface area contributed by atoms with Gasteiger partial charge in [0.1, 0.15) is 10.3 Å². The molecule has 0 spiro atoms. The van der Waals surface area contributed by atoms with Crippen molar-refractivity contribution in [1.29, 1.82) is 0 Å². The summed E-state index contributed by atoms with van der Waals surface area (Å²) < 4.78 is 4.50. The van der Waals surface area contributed by atoms with Crippen LogP contribution in [0.3, 0.4) is 0 Å². The molecule has 0 radical (unpaired) electrons. The van der Waals surface area contributed by atoms with Gasteiger partial charge >= 0.3 is 5.69 Å². The number of nitrogens with zero attached hydrogens (tertiary/aromatic N) is 4. The van der Waals surface area contributed by atoms with Crippen LogP contribution in [0.25, 0.3) is 15.9 Å². The van der Waals surface area contributed by atoms with E-state index in [-0.39, 0.29) is 36.5 Å². The number of carbonyl (C=O) groups excluding carboxylic acids is 1. The lowest BCUT2D eigenvalue weighted by Gasteiger charge is -2.12. The number of pyridine rings is 1. The van der Waals surface area contributed by atoms with Crippen molar-refractivity contribution in [3.05, 3.63) is 114 Å². The molecule has 5 aromatic rings. The summed E-state index contributed by atoms with van der Waals surface area (Å²) in [6, 6.07) is 16.3. The van der Waals surface area contributed by atoms with Gasteiger partial charge < -0.3 is 5.32 Å². The summed E-state index contributed by atoms with van der Waals surface area (Å²) in [5.74, 6) is -0.146. The van der Waals surface area contributed by atoms with E-state index in [1.807, 2.05) is 31.2 Å². The Balaban J connectivity index is 1.35. The van der Waals surface area contributed by atoms with Crippen LogP contribution in [0.5, 0.6) is 0 Å². The second-order valence-corrected chi connectivity index (χ2v) is 9.76. The summed E-state index contributed by atoms with van der Waals surface area (Å²) in [6.07, 6.45) is 2.15. The third-order valence-corrected chi connectivity index (χ3v) is 7.07. The van der Waals surface area contributed by atoms with E-state index in [0.29, 0.717) is 34.5 Å². The molecule has 0 unspecified atom stereocenters. The number of nitrogens with one attached hydrogen (secondary N) is 1. The van der Waals surface area contributed by atoms with E-state index in [0.717, 1.165) is 11.1 Å². The van der Waals surface area contributed by atoms with Gasteiger partial charge in [-0.05, 0) is 42.5 Å². The molecule has 0 aliphatic heterocycles. The van der Waals surface area contributed by atoms with Crippen LogP contribution in [-0.4, -0.2) is 24.4 Å². The van der Waals surface area contributed by atoms with Crippen molar-refractivity contribution in [2.75, 3.05) is 0 Å². The van der Waals surface area contributed by atoms with Gasteiger partial charge in [-0.3, -0.25) is 27.9 Å². The van der Waals surface area contributed by atoms with Crippen LogP contribution in [0.2, 0.25) is 0 Å². The van der Waals surface area contributed by atoms with Crippen molar-refractivity contribution < 1.29 is 4.79 Å². The predicted molar refractivity (Wildman–Crippen MR) is 143 cm³/mol. The highest BCUT2D eigenvalue weighted by molar-refractivity contribution is 7.17. The van der Waals surface area contributed by atoms with Gasteiger partial charge in [0, 0.05) is 31.8 Å². The number of fused-ring (bicyclic) bond motifs is 2. The average molecular weight is 516 g/mol. The van der Waals surface area contributed by atoms with Crippen molar-refractivity contribution in [1.82, 2.24) is 23.8 Å². The number of amides is 1. The minimum Gasteiger partial charge on any atom is -0.352 e. The van der Waals surface area contributed by atoms with Gasteiger partial charge in [-0.25, -0.2) is 9.78 Å². The van der Waals surface area contributed by atoms with E-state index in [1.165, 1.54) is 30.9 Å². The molecule has 37 heavy (non-hydrogen) atoms. The van der Waals surface area contributed by atoms with E-state index in [2.05, 4.69) is 10.3 Å². The Morgan fingerprint density at radius 1 is 1.03 bits per heavy atom. The van der Waals surface area contributed by atoms with Gasteiger partial charge in [0.05, 0.1) is 17.8 Å². The molecule has 0 atom stereocenters. The summed E-state index contributed by atoms with van der Waals surface area (Å²) >= 11 is 1.26. The van der Waals surface area contributed by atoms with E-state index in [4.69, 9.17) is 0 Å². The molecule has 188 valence electrons. The summed E-state index contributed by atoms with van der Waals surface area (Å²) in [6.45, 7) is 2.58. The van der Waals surface area contributed by atoms with Crippen molar-refractivity contribution in [2.45, 2.75) is 39.4 Å². The number of carbonyl (C=O) groups is 1. The van der Waals surface area contributed by atoms with Crippen LogP contribution in [-0.2, 0) is 24.4 Å². The van der Waals surface area contributed by atoms with Gasteiger partial charge in [-0.15, -0.1) is 11.3 Å². The second kappa shape index (κ2) is 10.4. The number of aryl methyl sites for hydroxylation is 1. The fourth-order valence-corrected chi connectivity index (χ4v) is 5.07. The lowest BCUT2D eigenvalue weighted by molar-refractivity contribution is -0.121. The largest absolute Gasteiger partial charge is 0.352 e. The Kier molecular flexibility index (Phi) is 6.82. The lowest BCUT2D eigenvalue weighted by atomic mass is 10.1. The maximum absolute atomic E-state index is 13.4. The number of benzene rings is 1. The van der Waals surface area contributed by atoms with Crippen LogP contribution >= 0.6 is 11.3 Å². The number of rotatable bonds is 8. The first-order valence-electron chi connectivity index (χ1n) is 11.9. The highest BCUT2D eigenvalue weighted by atomic mass is 32.1. The standard InChI is InChI=1S/C27H25N5O4S/c1-18-7-9-19(10-8-18)16-28-23(33)6-4-13-31-26(35)25-21(11-14-37-25)32(27(31)36)17-20-15-24(34)30-12-3-2-5-22(30)29-20/h2-3,5,7-12,14-15H,4,6,13,16-17H2,1H3,(H,28,33). The molecule has 5 rings (SSSR count). The Morgan fingerprint density at radius 2 is 1.84 bits per heavy atom. The van der Waals surface area contributed by atoms with Crippen LogP contribution < -0.4 is 22.1 Å². The lowest BCUT2D eigenvalue weighted by Crippen LogP contribution is -2.40. The molecule has 0 aliphatic rings. The summed E-state index contributed by atoms with van der Waals surface area (Å²) in [5.41, 5.74) is 2.43. The maximum atomic E-state index is 13.4. The molecule has 9 nitrogen and oxygen atoms in total. The summed E-state index contributed by atoms with van der Waals surface area (Å²) in [7, 11) is 0. The quantitative estimate of drug-likeness (QED) is 0.342. The molecule has 1 amide bonds. The Bertz CT molecular complexity index is 1780. The van der Waals surface area contributed by atoms with E-state index in [1.54, 1.807) is 35.8 Å². The smallest absolute Gasteiger partial charge is 0.331 e. The van der Waals surface area contributed by atoms with Crippen molar-refractivity contribution >= 4 is 33.1 Å². The van der Waals surface area contributed by atoms with Crippen molar-refractivity contribution in [2.24, 2.45) is 0 Å². The minimum atomic E-state index is -0.494. The third kappa shape index (κ3) is 5.14. The van der Waals surface area contributed by atoms with Gasteiger partial charge in [0.25, 0.3) is 11.1 Å². The molecule has 4 heterocycles. The predicted octanol–water partition coefficient (Wildman–Crippen LogP) is 2.69. The maximum Gasteiger partial charge on any atom is 0.331 e. The first-order chi connectivity index (χ1) is 17.9. The molecule has 4 aromatic heterocycles. The van der Waals surface area contributed by atoms with E-state index in [9.17, 15) is 19.2 Å². The fourth-order valence-electron chi connectivity index (χ4n) is 4.22. The molecule has 1 aromatic carbocycles. The Labute approximate surface area is 215 Å². The number of hydrogen-bond donors (Lipinski definition) is 1.